The number of nitrogens with zero attached hydrogens (tertiary/aromatic N) is 4. The lowest BCUT2D eigenvalue weighted by molar-refractivity contribution is 0.239. The first kappa shape index (κ1) is 19.6. The van der Waals surface area contributed by atoms with Crippen LogP contribution in [0.5, 0.6) is 5.75 Å². The molecule has 3 aromatic rings. The molecular formula is C22H25ClN4O2. The fraction of sp³-hybridized carbons (Fsp3) is 0.318. The third-order valence-corrected chi connectivity index (χ3v) is 5.80. The fourth-order valence-corrected chi connectivity index (χ4v) is 4.18. The number of benzene rings is 2. The Kier molecular flexibility index (Phi) is 5.65. The molecule has 0 aliphatic carbocycles. The summed E-state index contributed by atoms with van der Waals surface area (Å²) in [4.78, 5) is 17.6. The summed E-state index contributed by atoms with van der Waals surface area (Å²) in [6.07, 6.45) is 0. The van der Waals surface area contributed by atoms with Crippen molar-refractivity contribution in [3.8, 4) is 11.4 Å². The van der Waals surface area contributed by atoms with Crippen molar-refractivity contribution in [2.75, 3.05) is 38.2 Å². The highest BCUT2D eigenvalue weighted by Crippen LogP contribution is 2.27. The van der Waals surface area contributed by atoms with Crippen molar-refractivity contribution in [1.82, 2.24) is 14.3 Å². The van der Waals surface area contributed by atoms with Gasteiger partial charge in [0, 0.05) is 39.8 Å². The van der Waals surface area contributed by atoms with Crippen LogP contribution in [0.15, 0.2) is 59.4 Å². The van der Waals surface area contributed by atoms with E-state index in [4.69, 9.17) is 16.3 Å². The highest BCUT2D eigenvalue weighted by atomic mass is 35.5. The number of aromatic nitrogens is 2. The molecule has 0 N–H and O–H groups in total. The molecular weight excluding hydrogens is 388 g/mol. The molecule has 1 aliphatic rings. The second-order valence-corrected chi connectivity index (χ2v) is 7.58. The molecule has 2 heterocycles. The average Bonchev–Trinajstić information content (AvgIpc) is 2.98. The Morgan fingerprint density at radius 2 is 1.62 bits per heavy atom. The molecule has 0 saturated carbocycles. The maximum absolute atomic E-state index is 12.9. The summed E-state index contributed by atoms with van der Waals surface area (Å²) < 4.78 is 9.06. The number of methoxy groups -OCH3 is 1. The zero-order valence-corrected chi connectivity index (χ0v) is 17.5. The molecule has 0 unspecified atom stereocenters. The molecule has 1 fully saturated rings. The number of para-hydroxylation sites is 2. The molecule has 0 radical (unpaired) electrons. The SMILES string of the molecule is COc1c(CN2CCN(c3ccccc3Cl)CC2)n(C)n(-c2ccccc2)c1=O. The number of ether oxygens (including phenoxy) is 1. The lowest BCUT2D eigenvalue weighted by Crippen LogP contribution is -2.46. The van der Waals surface area contributed by atoms with Gasteiger partial charge in [0.05, 0.1) is 29.2 Å². The highest BCUT2D eigenvalue weighted by Gasteiger charge is 2.24. The van der Waals surface area contributed by atoms with Crippen molar-refractivity contribution in [2.24, 2.45) is 7.05 Å². The van der Waals surface area contributed by atoms with Gasteiger partial charge >= 0.3 is 5.56 Å². The van der Waals surface area contributed by atoms with Crippen molar-refractivity contribution in [1.29, 1.82) is 0 Å². The number of hydrogen-bond donors (Lipinski definition) is 0. The van der Waals surface area contributed by atoms with Gasteiger partial charge in [0.25, 0.3) is 0 Å². The van der Waals surface area contributed by atoms with E-state index in [1.165, 1.54) is 0 Å². The average molecular weight is 413 g/mol. The van der Waals surface area contributed by atoms with Gasteiger partial charge in [-0.2, -0.15) is 0 Å². The standard InChI is InChI=1S/C22H25ClN4O2/c1-24-20(21(29-2)22(28)27(24)17-8-4-3-5-9-17)16-25-12-14-26(15-13-25)19-11-7-6-10-18(19)23/h3-11H,12-16H2,1-2H3. The van der Waals surface area contributed by atoms with E-state index in [9.17, 15) is 4.79 Å². The second kappa shape index (κ2) is 8.35. The Morgan fingerprint density at radius 1 is 0.966 bits per heavy atom. The van der Waals surface area contributed by atoms with Crippen molar-refractivity contribution in [3.63, 3.8) is 0 Å². The molecule has 0 bridgehead atoms. The summed E-state index contributed by atoms with van der Waals surface area (Å²) in [5.41, 5.74) is 2.65. The summed E-state index contributed by atoms with van der Waals surface area (Å²) >= 11 is 6.35. The molecule has 6 nitrogen and oxygen atoms in total. The minimum Gasteiger partial charge on any atom is -0.490 e. The zero-order chi connectivity index (χ0) is 20.4. The predicted octanol–water partition coefficient (Wildman–Crippen LogP) is 3.16. The second-order valence-electron chi connectivity index (χ2n) is 7.17. The lowest BCUT2D eigenvalue weighted by Gasteiger charge is -2.36. The van der Waals surface area contributed by atoms with E-state index in [2.05, 4.69) is 15.9 Å². The summed E-state index contributed by atoms with van der Waals surface area (Å²) in [6.45, 7) is 4.21. The van der Waals surface area contributed by atoms with Crippen molar-refractivity contribution in [3.05, 3.63) is 75.7 Å². The van der Waals surface area contributed by atoms with Crippen LogP contribution in [0, 0.1) is 0 Å². The number of piperazine rings is 1. The van der Waals surface area contributed by atoms with Crippen LogP contribution in [0.25, 0.3) is 5.69 Å². The van der Waals surface area contributed by atoms with Crippen LogP contribution >= 0.6 is 11.6 Å². The molecule has 2 aromatic carbocycles. The number of anilines is 1. The Balaban J connectivity index is 1.54. The molecule has 1 saturated heterocycles. The van der Waals surface area contributed by atoms with Crippen LogP contribution in [0.3, 0.4) is 0 Å². The van der Waals surface area contributed by atoms with Crippen LogP contribution < -0.4 is 15.2 Å². The highest BCUT2D eigenvalue weighted by molar-refractivity contribution is 6.33. The molecule has 4 rings (SSSR count). The summed E-state index contributed by atoms with van der Waals surface area (Å²) in [6, 6.07) is 17.6. The van der Waals surface area contributed by atoms with Gasteiger partial charge in [-0.15, -0.1) is 0 Å². The monoisotopic (exact) mass is 412 g/mol. The first-order chi connectivity index (χ1) is 14.1. The van der Waals surface area contributed by atoms with Gasteiger partial charge in [0.2, 0.25) is 5.75 Å². The van der Waals surface area contributed by atoms with Crippen LogP contribution in [0.4, 0.5) is 5.69 Å². The molecule has 152 valence electrons. The Bertz CT molecular complexity index is 1040. The zero-order valence-electron chi connectivity index (χ0n) is 16.7. The lowest BCUT2D eigenvalue weighted by atomic mass is 10.2. The molecule has 0 amide bonds. The third-order valence-electron chi connectivity index (χ3n) is 5.48. The molecule has 1 aliphatic heterocycles. The smallest absolute Gasteiger partial charge is 0.314 e. The Morgan fingerprint density at radius 3 is 2.28 bits per heavy atom. The quantitative estimate of drug-likeness (QED) is 0.645. The fourth-order valence-electron chi connectivity index (χ4n) is 3.93. The van der Waals surface area contributed by atoms with Gasteiger partial charge in [-0.05, 0) is 24.3 Å². The minimum atomic E-state index is -0.133. The van der Waals surface area contributed by atoms with E-state index in [1.54, 1.807) is 11.8 Å². The number of rotatable bonds is 5. The van der Waals surface area contributed by atoms with Crippen molar-refractivity contribution < 1.29 is 4.74 Å². The summed E-state index contributed by atoms with van der Waals surface area (Å²) in [7, 11) is 3.47. The molecule has 1 aromatic heterocycles. The van der Waals surface area contributed by atoms with E-state index in [0.29, 0.717) is 12.3 Å². The van der Waals surface area contributed by atoms with E-state index in [0.717, 1.165) is 48.3 Å². The van der Waals surface area contributed by atoms with E-state index >= 15 is 0 Å². The van der Waals surface area contributed by atoms with E-state index in [1.807, 2.05) is 60.3 Å². The largest absolute Gasteiger partial charge is 0.490 e. The van der Waals surface area contributed by atoms with Gasteiger partial charge < -0.3 is 9.64 Å². The van der Waals surface area contributed by atoms with Crippen LogP contribution in [0.2, 0.25) is 5.02 Å². The number of halogens is 1. The van der Waals surface area contributed by atoms with Crippen molar-refractivity contribution in [2.45, 2.75) is 6.54 Å². The minimum absolute atomic E-state index is 0.133. The molecule has 29 heavy (non-hydrogen) atoms. The van der Waals surface area contributed by atoms with Gasteiger partial charge in [-0.3, -0.25) is 14.4 Å². The predicted molar refractivity (Wildman–Crippen MR) is 117 cm³/mol. The van der Waals surface area contributed by atoms with Crippen LogP contribution in [-0.2, 0) is 13.6 Å². The molecule has 0 spiro atoms. The van der Waals surface area contributed by atoms with Crippen molar-refractivity contribution >= 4 is 17.3 Å². The van der Waals surface area contributed by atoms with Gasteiger partial charge in [0.1, 0.15) is 0 Å². The maximum Gasteiger partial charge on any atom is 0.314 e. The van der Waals surface area contributed by atoms with Gasteiger partial charge in [-0.1, -0.05) is 41.9 Å². The molecule has 7 heteroatoms. The van der Waals surface area contributed by atoms with Crippen LogP contribution in [-0.4, -0.2) is 47.6 Å². The molecule has 0 atom stereocenters. The summed E-state index contributed by atoms with van der Waals surface area (Å²) in [5.74, 6) is 0.407. The maximum atomic E-state index is 12.9. The van der Waals surface area contributed by atoms with Gasteiger partial charge in [-0.25, -0.2) is 4.68 Å². The number of hydrogen-bond acceptors (Lipinski definition) is 4. The Labute approximate surface area is 175 Å². The third kappa shape index (κ3) is 3.78. The summed E-state index contributed by atoms with van der Waals surface area (Å²) in [5, 5.41) is 0.782. The van der Waals surface area contributed by atoms with E-state index < -0.39 is 0 Å². The first-order valence-electron chi connectivity index (χ1n) is 9.72. The van der Waals surface area contributed by atoms with E-state index in [-0.39, 0.29) is 5.56 Å². The van der Waals surface area contributed by atoms with Gasteiger partial charge in [0.15, 0.2) is 0 Å². The van der Waals surface area contributed by atoms with Crippen LogP contribution in [0.1, 0.15) is 5.69 Å². The Hall–Kier alpha value is -2.70. The first-order valence-corrected chi connectivity index (χ1v) is 10.1. The topological polar surface area (TPSA) is 42.6 Å². The normalized spacial score (nSPS) is 14.9.